The number of hydrogen-bond acceptors (Lipinski definition) is 4. The highest BCUT2D eigenvalue weighted by Gasteiger charge is 2.47. The number of amidine groups is 1. The van der Waals surface area contributed by atoms with E-state index >= 15 is 0 Å². The predicted molar refractivity (Wildman–Crippen MR) is 61.3 cm³/mol. The van der Waals surface area contributed by atoms with Crippen LogP contribution >= 0.6 is 0 Å². The Kier molecular flexibility index (Phi) is 4.30. The van der Waals surface area contributed by atoms with Gasteiger partial charge in [-0.2, -0.15) is 4.90 Å². The summed E-state index contributed by atoms with van der Waals surface area (Å²) >= 11 is 0. The summed E-state index contributed by atoms with van der Waals surface area (Å²) in [5, 5.41) is 2.79. The molecule has 1 atom stereocenters. The van der Waals surface area contributed by atoms with Gasteiger partial charge in [0.05, 0.1) is 13.6 Å². The van der Waals surface area contributed by atoms with Crippen molar-refractivity contribution in [3.05, 3.63) is 4.91 Å². The standard InChI is InChI=1S/C10H16N4O3/c1-4-5-6-11-8-7(12-17)9(15)14(3)10(16)13(8)2/h7H,4-6H2,1-3H3/p+1. The zero-order chi connectivity index (χ0) is 13.0. The smallest absolute Gasteiger partial charge is 0.275 e. The number of imide groups is 1. The molecule has 0 aliphatic carbocycles. The van der Waals surface area contributed by atoms with Crippen molar-refractivity contribution >= 4 is 17.8 Å². The third-order valence-electron chi connectivity index (χ3n) is 2.70. The minimum atomic E-state index is -1.15. The van der Waals surface area contributed by atoms with Crippen LogP contribution in [0.1, 0.15) is 19.8 Å². The van der Waals surface area contributed by atoms with Crippen molar-refractivity contribution in [3.63, 3.8) is 0 Å². The molecule has 0 radical (unpaired) electrons. The summed E-state index contributed by atoms with van der Waals surface area (Å²) in [5.74, 6) is -0.330. The van der Waals surface area contributed by atoms with E-state index in [1.54, 1.807) is 0 Å². The van der Waals surface area contributed by atoms with Gasteiger partial charge >= 0.3 is 6.03 Å². The van der Waals surface area contributed by atoms with Crippen molar-refractivity contribution in [1.29, 1.82) is 0 Å². The number of amides is 3. The summed E-state index contributed by atoms with van der Waals surface area (Å²) in [6.07, 6.45) is 1.87. The normalized spacial score (nSPS) is 23.5. The Bertz CT molecular complexity index is 367. The highest BCUT2D eigenvalue weighted by molar-refractivity contribution is 6.18. The number of hydrogen-bond donors (Lipinski definition) is 1. The molecule has 1 unspecified atom stereocenters. The first-order valence-corrected chi connectivity index (χ1v) is 5.53. The summed E-state index contributed by atoms with van der Waals surface area (Å²) in [6, 6.07) is -1.62. The molecule has 0 aromatic rings. The number of rotatable bonds is 4. The van der Waals surface area contributed by atoms with Gasteiger partial charge in [0.2, 0.25) is 0 Å². The van der Waals surface area contributed by atoms with E-state index in [1.165, 1.54) is 19.0 Å². The summed E-state index contributed by atoms with van der Waals surface area (Å²) in [6.45, 7) is 2.63. The molecule has 1 aliphatic heterocycles. The van der Waals surface area contributed by atoms with Gasteiger partial charge in [-0.3, -0.25) is 9.79 Å². The lowest BCUT2D eigenvalue weighted by Crippen LogP contribution is -2.82. The molecule has 0 aromatic heterocycles. The van der Waals surface area contributed by atoms with Crippen LogP contribution in [0.3, 0.4) is 0 Å². The van der Waals surface area contributed by atoms with Crippen LogP contribution in [-0.2, 0) is 4.79 Å². The maximum atomic E-state index is 11.7. The van der Waals surface area contributed by atoms with Crippen molar-refractivity contribution < 1.29 is 14.6 Å². The first-order chi connectivity index (χ1) is 8.04. The number of urea groups is 1. The topological polar surface area (TPSA) is 84.0 Å². The molecule has 1 saturated heterocycles. The average Bonchev–Trinajstić information content (AvgIpc) is 2.33. The zero-order valence-electron chi connectivity index (χ0n) is 10.3. The van der Waals surface area contributed by atoms with Gasteiger partial charge in [-0.15, -0.1) is 4.91 Å². The van der Waals surface area contributed by atoms with E-state index in [0.29, 0.717) is 6.54 Å². The van der Waals surface area contributed by atoms with E-state index in [2.05, 4.69) is 10.2 Å². The quantitative estimate of drug-likeness (QED) is 0.502. The number of carbonyl (C=O) groups excluding carboxylic acids is 2. The molecule has 1 rings (SSSR count). The van der Waals surface area contributed by atoms with Gasteiger partial charge in [-0.25, -0.2) is 9.69 Å². The average molecular weight is 241 g/mol. The molecule has 7 heteroatoms. The maximum absolute atomic E-state index is 11.7. The molecule has 3 amide bonds. The third-order valence-corrected chi connectivity index (χ3v) is 2.70. The summed E-state index contributed by atoms with van der Waals surface area (Å²) in [7, 11) is 2.85. The molecule has 1 N–H and O–H groups in total. The van der Waals surface area contributed by atoms with Gasteiger partial charge in [-0.05, 0) is 11.6 Å². The van der Waals surface area contributed by atoms with Crippen LogP contribution < -0.4 is 4.99 Å². The Morgan fingerprint density at radius 3 is 2.47 bits per heavy atom. The Balaban J connectivity index is 2.98. The number of carbonyl (C=O) groups is 2. The number of unbranched alkanes of at least 4 members (excludes halogenated alkanes) is 1. The number of nitrogens with zero attached hydrogens (tertiary/aromatic N) is 3. The van der Waals surface area contributed by atoms with E-state index in [9.17, 15) is 14.5 Å². The minimum absolute atomic E-state index is 0.265. The first kappa shape index (κ1) is 13.3. The van der Waals surface area contributed by atoms with Crippen LogP contribution in [0.15, 0.2) is 5.18 Å². The van der Waals surface area contributed by atoms with E-state index < -0.39 is 18.0 Å². The minimum Gasteiger partial charge on any atom is -0.275 e. The van der Waals surface area contributed by atoms with Crippen LogP contribution in [0.2, 0.25) is 0 Å². The third kappa shape index (κ3) is 2.48. The molecule has 94 valence electrons. The van der Waals surface area contributed by atoms with Gasteiger partial charge in [0.15, 0.2) is 0 Å². The van der Waals surface area contributed by atoms with Crippen LogP contribution in [-0.4, -0.2) is 54.3 Å². The fourth-order valence-electron chi connectivity index (χ4n) is 1.61. The number of nitrogens with one attached hydrogen (secondary N) is 1. The SMILES string of the molecule is CCCC[NH+]=C1C(N=O)C(=O)N(C)C(=O)N1C. The fraction of sp³-hybridized carbons (Fsp3) is 0.700. The molecule has 0 spiro atoms. The molecule has 7 nitrogen and oxygen atoms in total. The number of likely N-dealkylation sites (N-methyl/N-ethyl adjacent to an activating group) is 2. The van der Waals surface area contributed by atoms with E-state index in [1.807, 2.05) is 6.92 Å². The van der Waals surface area contributed by atoms with E-state index in [-0.39, 0.29) is 5.84 Å². The van der Waals surface area contributed by atoms with Gasteiger partial charge in [0.1, 0.15) is 0 Å². The van der Waals surface area contributed by atoms with Gasteiger partial charge in [0.25, 0.3) is 17.8 Å². The molecule has 0 aromatic carbocycles. The summed E-state index contributed by atoms with van der Waals surface area (Å²) in [4.78, 5) is 39.1. The Morgan fingerprint density at radius 1 is 1.29 bits per heavy atom. The second-order valence-corrected chi connectivity index (χ2v) is 3.91. The van der Waals surface area contributed by atoms with Crippen molar-refractivity contribution in [2.45, 2.75) is 25.8 Å². The highest BCUT2D eigenvalue weighted by atomic mass is 16.3. The maximum Gasteiger partial charge on any atom is 0.417 e. The summed E-state index contributed by atoms with van der Waals surface area (Å²) < 4.78 is 0. The molecule has 0 saturated carbocycles. The Morgan fingerprint density at radius 2 is 1.94 bits per heavy atom. The zero-order valence-corrected chi connectivity index (χ0v) is 10.3. The van der Waals surface area contributed by atoms with Crippen LogP contribution in [0.5, 0.6) is 0 Å². The van der Waals surface area contributed by atoms with Crippen LogP contribution in [0.25, 0.3) is 0 Å². The molecule has 17 heavy (non-hydrogen) atoms. The second kappa shape index (κ2) is 5.51. The van der Waals surface area contributed by atoms with Crippen LogP contribution in [0, 0.1) is 4.91 Å². The molecule has 1 aliphatic rings. The molecular weight excluding hydrogens is 224 g/mol. The van der Waals surface area contributed by atoms with Crippen molar-refractivity contribution in [2.75, 3.05) is 20.6 Å². The van der Waals surface area contributed by atoms with Gasteiger partial charge in [-0.1, -0.05) is 13.3 Å². The van der Waals surface area contributed by atoms with E-state index in [0.717, 1.165) is 17.7 Å². The lowest BCUT2D eigenvalue weighted by molar-refractivity contribution is -0.464. The van der Waals surface area contributed by atoms with Crippen molar-refractivity contribution in [1.82, 2.24) is 9.80 Å². The summed E-state index contributed by atoms with van der Waals surface area (Å²) in [5.41, 5.74) is 0. The molecule has 0 bridgehead atoms. The highest BCUT2D eigenvalue weighted by Crippen LogP contribution is 2.10. The van der Waals surface area contributed by atoms with Crippen molar-refractivity contribution in [3.8, 4) is 0 Å². The van der Waals surface area contributed by atoms with Gasteiger partial charge < -0.3 is 0 Å². The molecular formula is C10H17N4O3+. The Hall–Kier alpha value is -1.79. The largest absolute Gasteiger partial charge is 0.417 e. The Labute approximate surface area is 99.5 Å². The van der Waals surface area contributed by atoms with Gasteiger partial charge in [0, 0.05) is 7.05 Å². The fourth-order valence-corrected chi connectivity index (χ4v) is 1.61. The van der Waals surface area contributed by atoms with Crippen molar-refractivity contribution in [2.24, 2.45) is 5.18 Å². The van der Waals surface area contributed by atoms with E-state index in [4.69, 9.17) is 0 Å². The molecule has 1 fully saturated rings. The predicted octanol–water partition coefficient (Wildman–Crippen LogP) is -1.08. The lowest BCUT2D eigenvalue weighted by Gasteiger charge is -2.26. The monoisotopic (exact) mass is 241 g/mol. The first-order valence-electron chi connectivity index (χ1n) is 5.53. The number of nitroso groups, excluding NO2 is 1. The lowest BCUT2D eigenvalue weighted by atomic mass is 10.2. The van der Waals surface area contributed by atoms with Crippen LogP contribution in [0.4, 0.5) is 4.79 Å². The second-order valence-electron chi connectivity index (χ2n) is 3.91. The molecule has 1 heterocycles.